The molecule has 34 heavy (non-hydrogen) atoms. The van der Waals surface area contributed by atoms with Gasteiger partial charge in [0.2, 0.25) is 0 Å². The Morgan fingerprint density at radius 2 is 1.79 bits per heavy atom. The Hall–Kier alpha value is -3.56. The van der Waals surface area contributed by atoms with Gasteiger partial charge in [-0.05, 0) is 55.0 Å². The Balaban J connectivity index is 1.88. The van der Waals surface area contributed by atoms with Crippen LogP contribution in [0.4, 0.5) is 5.69 Å². The maximum atomic E-state index is 13.4. The summed E-state index contributed by atoms with van der Waals surface area (Å²) in [4.78, 5) is 12.8. The quantitative estimate of drug-likeness (QED) is 0.353. The number of nitrogens with one attached hydrogen (secondary N) is 1. The van der Waals surface area contributed by atoms with Crippen LogP contribution >= 0.6 is 11.6 Å². The van der Waals surface area contributed by atoms with E-state index in [4.69, 9.17) is 21.1 Å². The van der Waals surface area contributed by atoms with E-state index in [0.29, 0.717) is 33.3 Å². The van der Waals surface area contributed by atoms with Gasteiger partial charge in [-0.1, -0.05) is 35.9 Å². The second-order valence-corrected chi connectivity index (χ2v) is 9.46. The molecule has 1 N–H and O–H groups in total. The Kier molecular flexibility index (Phi) is 8.14. The van der Waals surface area contributed by atoms with Gasteiger partial charge in [0.1, 0.15) is 18.0 Å². The van der Waals surface area contributed by atoms with Crippen molar-refractivity contribution in [2.75, 3.05) is 25.1 Å². The van der Waals surface area contributed by atoms with E-state index in [0.717, 1.165) is 4.31 Å². The van der Waals surface area contributed by atoms with E-state index in [1.807, 2.05) is 0 Å². The molecule has 3 aromatic rings. The molecule has 10 heteroatoms. The van der Waals surface area contributed by atoms with E-state index in [9.17, 15) is 13.2 Å². The number of amides is 1. The molecule has 3 aromatic carbocycles. The number of carbonyl (C=O) groups is 1. The zero-order valence-electron chi connectivity index (χ0n) is 18.9. The summed E-state index contributed by atoms with van der Waals surface area (Å²) in [6, 6.07) is 17.8. The van der Waals surface area contributed by atoms with E-state index >= 15 is 0 Å². The molecular formula is C24H24ClN3O5S. The van der Waals surface area contributed by atoms with Crippen molar-refractivity contribution in [3.63, 3.8) is 0 Å². The van der Waals surface area contributed by atoms with Gasteiger partial charge in [-0.25, -0.2) is 13.8 Å². The Bertz CT molecular complexity index is 1300. The lowest BCUT2D eigenvalue weighted by Gasteiger charge is -2.25. The molecule has 1 amide bonds. The largest absolute Gasteiger partial charge is 0.497 e. The van der Waals surface area contributed by atoms with Crippen molar-refractivity contribution in [3.05, 3.63) is 82.9 Å². The van der Waals surface area contributed by atoms with Crippen molar-refractivity contribution in [2.24, 2.45) is 5.10 Å². The van der Waals surface area contributed by atoms with Gasteiger partial charge in [-0.15, -0.1) is 0 Å². The average Bonchev–Trinajstić information content (AvgIpc) is 2.84. The fourth-order valence-corrected chi connectivity index (χ4v) is 4.82. The van der Waals surface area contributed by atoms with Crippen LogP contribution < -0.4 is 19.2 Å². The molecule has 3 rings (SSSR count). The standard InChI is InChI=1S/C24H24ClN3O5S/c1-17-9-10-19(25)14-22(17)28(34(30,31)21-7-5-4-6-8-21)16-24(29)27-26-15-18-13-20(32-2)11-12-23(18)33-3/h4-15H,16H2,1-3H3,(H,27,29)/b26-15-. The molecule has 0 heterocycles. The number of methoxy groups -OCH3 is 2. The SMILES string of the molecule is COc1ccc(OC)c(/C=N\NC(=O)CN(c2cc(Cl)ccc2C)S(=O)(=O)c2ccccc2)c1. The van der Waals surface area contributed by atoms with Gasteiger partial charge in [0.25, 0.3) is 15.9 Å². The van der Waals surface area contributed by atoms with Gasteiger partial charge in [0, 0.05) is 10.6 Å². The lowest BCUT2D eigenvalue weighted by molar-refractivity contribution is -0.119. The lowest BCUT2D eigenvalue weighted by atomic mass is 10.2. The molecule has 0 fully saturated rings. The fraction of sp³-hybridized carbons (Fsp3) is 0.167. The van der Waals surface area contributed by atoms with Gasteiger partial charge in [-0.3, -0.25) is 9.10 Å². The third kappa shape index (κ3) is 5.86. The molecule has 0 atom stereocenters. The second-order valence-electron chi connectivity index (χ2n) is 7.16. The number of nitrogens with zero attached hydrogens (tertiary/aromatic N) is 2. The van der Waals surface area contributed by atoms with E-state index in [1.165, 1.54) is 38.6 Å². The van der Waals surface area contributed by atoms with Crippen molar-refractivity contribution in [2.45, 2.75) is 11.8 Å². The molecule has 178 valence electrons. The number of anilines is 1. The summed E-state index contributed by atoms with van der Waals surface area (Å²) in [5.41, 5.74) is 3.88. The topological polar surface area (TPSA) is 97.3 Å². The van der Waals surface area contributed by atoms with Crippen LogP contribution in [-0.2, 0) is 14.8 Å². The maximum Gasteiger partial charge on any atom is 0.264 e. The minimum absolute atomic E-state index is 0.0480. The number of carbonyl (C=O) groups excluding carboxylic acids is 1. The molecule has 0 saturated carbocycles. The number of sulfonamides is 1. The van der Waals surface area contributed by atoms with Gasteiger partial charge < -0.3 is 9.47 Å². The molecular weight excluding hydrogens is 478 g/mol. The summed E-state index contributed by atoms with van der Waals surface area (Å²) in [5.74, 6) is 0.476. The Morgan fingerprint density at radius 3 is 2.47 bits per heavy atom. The van der Waals surface area contributed by atoms with E-state index < -0.39 is 22.5 Å². The molecule has 0 bridgehead atoms. The zero-order valence-corrected chi connectivity index (χ0v) is 20.4. The summed E-state index contributed by atoms with van der Waals surface area (Å²) in [6.07, 6.45) is 1.39. The average molecular weight is 502 g/mol. The van der Waals surface area contributed by atoms with Crippen LogP contribution in [0.25, 0.3) is 0 Å². The monoisotopic (exact) mass is 501 g/mol. The Labute approximate surface area is 203 Å². The van der Waals surface area contributed by atoms with Gasteiger partial charge in [0.05, 0.1) is 31.0 Å². The number of aryl methyl sites for hydroxylation is 1. The number of rotatable bonds is 9. The summed E-state index contributed by atoms with van der Waals surface area (Å²) in [5, 5.41) is 4.30. The van der Waals surface area contributed by atoms with E-state index in [-0.39, 0.29) is 4.90 Å². The second kappa shape index (κ2) is 11.0. The molecule has 0 aliphatic heterocycles. The molecule has 0 radical (unpaired) electrons. The first-order valence-corrected chi connectivity index (χ1v) is 12.0. The molecule has 0 aliphatic carbocycles. The highest BCUT2D eigenvalue weighted by Gasteiger charge is 2.28. The zero-order chi connectivity index (χ0) is 24.7. The molecule has 0 unspecified atom stereocenters. The van der Waals surface area contributed by atoms with Crippen LogP contribution in [0.3, 0.4) is 0 Å². The van der Waals surface area contributed by atoms with Crippen molar-refractivity contribution in [1.82, 2.24) is 5.43 Å². The van der Waals surface area contributed by atoms with Crippen LogP contribution in [-0.4, -0.2) is 41.3 Å². The molecule has 0 saturated heterocycles. The van der Waals surface area contributed by atoms with Crippen LogP contribution in [0, 0.1) is 6.92 Å². The summed E-state index contributed by atoms with van der Waals surface area (Å²) >= 11 is 6.13. The van der Waals surface area contributed by atoms with E-state index in [1.54, 1.807) is 55.5 Å². The third-order valence-corrected chi connectivity index (χ3v) is 6.90. The number of halogens is 1. The van der Waals surface area contributed by atoms with Crippen molar-refractivity contribution < 1.29 is 22.7 Å². The minimum Gasteiger partial charge on any atom is -0.497 e. The lowest BCUT2D eigenvalue weighted by Crippen LogP contribution is -2.40. The van der Waals surface area contributed by atoms with Crippen molar-refractivity contribution in [3.8, 4) is 11.5 Å². The van der Waals surface area contributed by atoms with Gasteiger partial charge >= 0.3 is 0 Å². The van der Waals surface area contributed by atoms with Gasteiger partial charge in [-0.2, -0.15) is 5.10 Å². The van der Waals surface area contributed by atoms with Gasteiger partial charge in [0.15, 0.2) is 0 Å². The number of benzene rings is 3. The molecule has 0 aliphatic rings. The van der Waals surface area contributed by atoms with Crippen molar-refractivity contribution in [1.29, 1.82) is 0 Å². The van der Waals surface area contributed by atoms with Crippen LogP contribution in [0.15, 0.2) is 76.7 Å². The number of hydrazone groups is 1. The first-order chi connectivity index (χ1) is 16.3. The number of ether oxygens (including phenoxy) is 2. The van der Waals surface area contributed by atoms with Crippen LogP contribution in [0.5, 0.6) is 11.5 Å². The third-order valence-electron chi connectivity index (χ3n) is 4.89. The van der Waals surface area contributed by atoms with E-state index in [2.05, 4.69) is 10.5 Å². The smallest absolute Gasteiger partial charge is 0.264 e. The first-order valence-electron chi connectivity index (χ1n) is 10.1. The predicted molar refractivity (Wildman–Crippen MR) is 132 cm³/mol. The van der Waals surface area contributed by atoms with Crippen LogP contribution in [0.2, 0.25) is 5.02 Å². The minimum atomic E-state index is -4.06. The predicted octanol–water partition coefficient (Wildman–Crippen LogP) is 4.01. The molecule has 0 spiro atoms. The summed E-state index contributed by atoms with van der Waals surface area (Å²) < 4.78 is 38.3. The number of hydrogen-bond donors (Lipinski definition) is 1. The normalized spacial score (nSPS) is 11.3. The maximum absolute atomic E-state index is 13.4. The molecule has 8 nitrogen and oxygen atoms in total. The highest BCUT2D eigenvalue weighted by Crippen LogP contribution is 2.29. The number of hydrogen-bond acceptors (Lipinski definition) is 6. The summed E-state index contributed by atoms with van der Waals surface area (Å²) in [7, 11) is -1.02. The van der Waals surface area contributed by atoms with Crippen LogP contribution in [0.1, 0.15) is 11.1 Å². The van der Waals surface area contributed by atoms with Crippen molar-refractivity contribution >= 4 is 39.4 Å². The first kappa shape index (κ1) is 25.1. The molecule has 0 aromatic heterocycles. The highest BCUT2D eigenvalue weighted by molar-refractivity contribution is 7.92. The highest BCUT2D eigenvalue weighted by atomic mass is 35.5. The Morgan fingerprint density at radius 1 is 1.06 bits per heavy atom. The summed E-state index contributed by atoms with van der Waals surface area (Å²) in [6.45, 7) is 1.23. The fourth-order valence-electron chi connectivity index (χ4n) is 3.15.